The molecule has 0 bridgehead atoms. The third-order valence-corrected chi connectivity index (χ3v) is 3.88. The number of amides is 1. The van der Waals surface area contributed by atoms with Crippen LogP contribution in [0, 0.1) is 28.4 Å². The third-order valence-electron chi connectivity index (χ3n) is 3.88. The summed E-state index contributed by atoms with van der Waals surface area (Å²) >= 11 is 0. The number of nitriles is 1. The maximum Gasteiger partial charge on any atom is 0.227 e. The molecular weight excluding hydrogens is 262 g/mol. The molecule has 0 aliphatic carbocycles. The van der Waals surface area contributed by atoms with Crippen LogP contribution in [-0.2, 0) is 11.2 Å². The zero-order valence-electron chi connectivity index (χ0n) is 11.3. The molecule has 0 spiro atoms. The van der Waals surface area contributed by atoms with Crippen LogP contribution in [-0.4, -0.2) is 23.9 Å². The van der Waals surface area contributed by atoms with E-state index in [9.17, 15) is 13.6 Å². The maximum atomic E-state index is 13.5. The fourth-order valence-corrected chi connectivity index (χ4v) is 2.33. The SMILES string of the molecule is CC1(C#N)CCN(C(=O)Cc2c(F)cccc2F)CC1. The first-order chi connectivity index (χ1) is 9.45. The van der Waals surface area contributed by atoms with Gasteiger partial charge in [0, 0.05) is 18.7 Å². The lowest BCUT2D eigenvalue weighted by Crippen LogP contribution is -2.42. The van der Waals surface area contributed by atoms with Gasteiger partial charge in [0.2, 0.25) is 5.91 Å². The summed E-state index contributed by atoms with van der Waals surface area (Å²) in [6.45, 7) is 2.78. The number of likely N-dealkylation sites (tertiary alicyclic amines) is 1. The number of hydrogen-bond acceptors (Lipinski definition) is 2. The van der Waals surface area contributed by atoms with Crippen molar-refractivity contribution < 1.29 is 13.6 Å². The van der Waals surface area contributed by atoms with Crippen LogP contribution in [0.25, 0.3) is 0 Å². The van der Waals surface area contributed by atoms with Crippen LogP contribution in [0.1, 0.15) is 25.3 Å². The zero-order chi connectivity index (χ0) is 14.8. The summed E-state index contributed by atoms with van der Waals surface area (Å²) < 4.78 is 27.0. The molecule has 1 aliphatic heterocycles. The lowest BCUT2D eigenvalue weighted by Gasteiger charge is -2.35. The summed E-state index contributed by atoms with van der Waals surface area (Å²) in [5.74, 6) is -1.69. The summed E-state index contributed by atoms with van der Waals surface area (Å²) in [5, 5.41) is 9.03. The summed E-state index contributed by atoms with van der Waals surface area (Å²) in [6.07, 6.45) is 0.908. The highest BCUT2D eigenvalue weighted by Gasteiger charge is 2.32. The van der Waals surface area contributed by atoms with E-state index in [-0.39, 0.29) is 17.9 Å². The Bertz CT molecular complexity index is 537. The average molecular weight is 278 g/mol. The summed E-state index contributed by atoms with van der Waals surface area (Å²) in [4.78, 5) is 13.7. The van der Waals surface area contributed by atoms with Crippen LogP contribution >= 0.6 is 0 Å². The fourth-order valence-electron chi connectivity index (χ4n) is 2.33. The topological polar surface area (TPSA) is 44.1 Å². The van der Waals surface area contributed by atoms with Crippen molar-refractivity contribution in [1.29, 1.82) is 5.26 Å². The quantitative estimate of drug-likeness (QED) is 0.834. The van der Waals surface area contributed by atoms with Crippen LogP contribution in [0.5, 0.6) is 0 Å². The molecule has 1 aromatic carbocycles. The smallest absolute Gasteiger partial charge is 0.227 e. The Morgan fingerprint density at radius 1 is 1.35 bits per heavy atom. The van der Waals surface area contributed by atoms with E-state index in [4.69, 9.17) is 5.26 Å². The number of carbonyl (C=O) groups is 1. The lowest BCUT2D eigenvalue weighted by molar-refractivity contribution is -0.132. The van der Waals surface area contributed by atoms with Crippen molar-refractivity contribution in [1.82, 2.24) is 4.90 Å². The zero-order valence-corrected chi connectivity index (χ0v) is 11.3. The Balaban J connectivity index is 2.02. The van der Waals surface area contributed by atoms with Gasteiger partial charge in [0.15, 0.2) is 0 Å². The van der Waals surface area contributed by atoms with Gasteiger partial charge < -0.3 is 4.90 Å². The normalized spacial score (nSPS) is 17.6. The lowest BCUT2D eigenvalue weighted by atomic mass is 9.82. The summed E-state index contributed by atoms with van der Waals surface area (Å²) in [7, 11) is 0. The molecule has 0 N–H and O–H groups in total. The van der Waals surface area contributed by atoms with Gasteiger partial charge in [-0.15, -0.1) is 0 Å². The molecule has 0 unspecified atom stereocenters. The van der Waals surface area contributed by atoms with Gasteiger partial charge in [-0.2, -0.15) is 5.26 Å². The molecule has 0 atom stereocenters. The molecule has 106 valence electrons. The van der Waals surface area contributed by atoms with Gasteiger partial charge >= 0.3 is 0 Å². The molecule has 0 saturated carbocycles. The van der Waals surface area contributed by atoms with Crippen LogP contribution in [0.3, 0.4) is 0 Å². The Kier molecular flexibility index (Phi) is 4.03. The molecule has 5 heteroatoms. The van der Waals surface area contributed by atoms with E-state index >= 15 is 0 Å². The number of carbonyl (C=O) groups excluding carboxylic acids is 1. The molecule has 1 fully saturated rings. The summed E-state index contributed by atoms with van der Waals surface area (Å²) in [5.41, 5.74) is -0.592. The van der Waals surface area contributed by atoms with E-state index in [1.54, 1.807) is 4.90 Å². The highest BCUT2D eigenvalue weighted by atomic mass is 19.1. The van der Waals surface area contributed by atoms with Crippen LogP contribution in [0.2, 0.25) is 0 Å². The van der Waals surface area contributed by atoms with Crippen molar-refractivity contribution in [3.63, 3.8) is 0 Å². The number of benzene rings is 1. The van der Waals surface area contributed by atoms with Gasteiger partial charge in [-0.1, -0.05) is 6.07 Å². The number of rotatable bonds is 2. The van der Waals surface area contributed by atoms with Gasteiger partial charge in [0.05, 0.1) is 17.9 Å². The van der Waals surface area contributed by atoms with Crippen molar-refractivity contribution in [3.05, 3.63) is 35.4 Å². The van der Waals surface area contributed by atoms with Gasteiger partial charge in [0.25, 0.3) is 0 Å². The van der Waals surface area contributed by atoms with E-state index in [2.05, 4.69) is 6.07 Å². The number of nitrogens with zero attached hydrogens (tertiary/aromatic N) is 2. The molecule has 1 amide bonds. The van der Waals surface area contributed by atoms with Crippen molar-refractivity contribution in [2.45, 2.75) is 26.2 Å². The first-order valence-corrected chi connectivity index (χ1v) is 6.57. The second-order valence-corrected chi connectivity index (χ2v) is 5.43. The van der Waals surface area contributed by atoms with Crippen molar-refractivity contribution in [2.24, 2.45) is 5.41 Å². The van der Waals surface area contributed by atoms with Crippen molar-refractivity contribution in [3.8, 4) is 6.07 Å². The average Bonchev–Trinajstić information content (AvgIpc) is 2.43. The largest absolute Gasteiger partial charge is 0.342 e. The van der Waals surface area contributed by atoms with E-state index in [1.807, 2.05) is 6.92 Å². The van der Waals surface area contributed by atoms with Crippen molar-refractivity contribution >= 4 is 5.91 Å². The minimum Gasteiger partial charge on any atom is -0.342 e. The highest BCUT2D eigenvalue weighted by Crippen LogP contribution is 2.30. The molecule has 1 heterocycles. The van der Waals surface area contributed by atoms with E-state index in [0.29, 0.717) is 25.9 Å². The van der Waals surface area contributed by atoms with Gasteiger partial charge in [0.1, 0.15) is 11.6 Å². The predicted molar refractivity (Wildman–Crippen MR) is 69.6 cm³/mol. The fraction of sp³-hybridized carbons (Fsp3) is 0.467. The second kappa shape index (κ2) is 5.58. The Labute approximate surface area is 116 Å². The number of halogens is 2. The summed E-state index contributed by atoms with van der Waals surface area (Å²) in [6, 6.07) is 5.82. The van der Waals surface area contributed by atoms with Gasteiger partial charge in [-0.3, -0.25) is 4.79 Å². The van der Waals surface area contributed by atoms with Crippen LogP contribution in [0.15, 0.2) is 18.2 Å². The van der Waals surface area contributed by atoms with Crippen LogP contribution < -0.4 is 0 Å². The first kappa shape index (κ1) is 14.4. The predicted octanol–water partition coefficient (Wildman–Crippen LogP) is 2.66. The van der Waals surface area contributed by atoms with Crippen molar-refractivity contribution in [2.75, 3.05) is 13.1 Å². The number of piperidine rings is 1. The molecule has 2 rings (SSSR count). The second-order valence-electron chi connectivity index (χ2n) is 5.43. The molecule has 1 aliphatic rings. The highest BCUT2D eigenvalue weighted by molar-refractivity contribution is 5.79. The Hall–Kier alpha value is -1.96. The Morgan fingerprint density at radius 2 is 1.90 bits per heavy atom. The molecular formula is C15H16F2N2O. The number of hydrogen-bond donors (Lipinski definition) is 0. The molecule has 3 nitrogen and oxygen atoms in total. The van der Waals surface area contributed by atoms with Gasteiger partial charge in [-0.05, 0) is 31.9 Å². The van der Waals surface area contributed by atoms with E-state index in [1.165, 1.54) is 6.07 Å². The minimum atomic E-state index is -0.697. The molecule has 1 aromatic rings. The first-order valence-electron chi connectivity index (χ1n) is 6.57. The monoisotopic (exact) mass is 278 g/mol. The van der Waals surface area contributed by atoms with E-state index < -0.39 is 17.0 Å². The van der Waals surface area contributed by atoms with Gasteiger partial charge in [-0.25, -0.2) is 8.78 Å². The molecule has 1 saturated heterocycles. The standard InChI is InChI=1S/C15H16F2N2O/c1-15(10-18)5-7-19(8-6-15)14(20)9-11-12(16)3-2-4-13(11)17/h2-4H,5-9H2,1H3. The maximum absolute atomic E-state index is 13.5. The Morgan fingerprint density at radius 3 is 2.40 bits per heavy atom. The van der Waals surface area contributed by atoms with Crippen LogP contribution in [0.4, 0.5) is 8.78 Å². The third kappa shape index (κ3) is 2.96. The molecule has 0 radical (unpaired) electrons. The minimum absolute atomic E-state index is 0.189. The molecule has 20 heavy (non-hydrogen) atoms. The molecule has 0 aromatic heterocycles. The van der Waals surface area contributed by atoms with E-state index in [0.717, 1.165) is 12.1 Å².